The lowest BCUT2D eigenvalue weighted by atomic mass is 9.92. The molecule has 0 amide bonds. The Bertz CT molecular complexity index is 799. The lowest BCUT2D eigenvalue weighted by Crippen LogP contribution is -2.45. The largest absolute Gasteiger partial charge is 0.573 e. The number of hydrogen-bond acceptors (Lipinski definition) is 4. The third-order valence-corrected chi connectivity index (χ3v) is 5.45. The Morgan fingerprint density at radius 1 is 1.10 bits per heavy atom. The zero-order valence-electron chi connectivity index (χ0n) is 17.9. The van der Waals surface area contributed by atoms with Crippen LogP contribution in [0.25, 0.3) is 0 Å². The van der Waals surface area contributed by atoms with Crippen molar-refractivity contribution in [2.24, 2.45) is 0 Å². The highest BCUT2D eigenvalue weighted by Gasteiger charge is 2.32. The summed E-state index contributed by atoms with van der Waals surface area (Å²) in [6.07, 6.45) is 0.255. The quantitative estimate of drug-likeness (QED) is 0.466. The number of alkyl halides is 3. The first-order valence-corrected chi connectivity index (χ1v) is 11.0. The van der Waals surface area contributed by atoms with Crippen molar-refractivity contribution in [3.8, 4) is 11.5 Å². The summed E-state index contributed by atoms with van der Waals surface area (Å²) in [5.41, 5.74) is 1.60. The van der Waals surface area contributed by atoms with Gasteiger partial charge in [0.1, 0.15) is 11.5 Å². The molecule has 170 valence electrons. The molecule has 7 heteroatoms. The SMILES string of the molecule is CCCCCOc1ccc(OC(F)(F)F)c(CNC2CCCNC2c2ccccc2)c1. The molecule has 0 spiro atoms. The minimum atomic E-state index is -4.74. The summed E-state index contributed by atoms with van der Waals surface area (Å²) in [6, 6.07) is 14.8. The van der Waals surface area contributed by atoms with Gasteiger partial charge in [0.05, 0.1) is 6.61 Å². The van der Waals surface area contributed by atoms with Crippen LogP contribution < -0.4 is 20.1 Å². The number of hydrogen-bond donors (Lipinski definition) is 2. The standard InChI is InChI=1S/C24H31F3N2O2/c1-2-3-7-15-30-20-12-13-22(31-24(25,26)27)19(16-20)17-29-21-11-8-14-28-23(21)18-9-5-4-6-10-18/h4-6,9-10,12-13,16,21,23,28-29H,2-3,7-8,11,14-15,17H2,1H3. The predicted octanol–water partition coefficient (Wildman–Crippen LogP) is 5.74. The van der Waals surface area contributed by atoms with Gasteiger partial charge in [0.15, 0.2) is 0 Å². The summed E-state index contributed by atoms with van der Waals surface area (Å²) in [6.45, 7) is 3.83. The lowest BCUT2D eigenvalue weighted by molar-refractivity contribution is -0.274. The van der Waals surface area contributed by atoms with E-state index < -0.39 is 6.36 Å². The smallest absolute Gasteiger partial charge is 0.494 e. The highest BCUT2D eigenvalue weighted by Crippen LogP contribution is 2.31. The third-order valence-electron chi connectivity index (χ3n) is 5.45. The molecular weight excluding hydrogens is 405 g/mol. The first-order chi connectivity index (χ1) is 15.0. The van der Waals surface area contributed by atoms with E-state index in [2.05, 4.69) is 34.4 Å². The second kappa shape index (κ2) is 11.4. The fraction of sp³-hybridized carbons (Fsp3) is 0.500. The van der Waals surface area contributed by atoms with Crippen molar-refractivity contribution in [2.75, 3.05) is 13.2 Å². The maximum absolute atomic E-state index is 12.9. The number of rotatable bonds is 10. The topological polar surface area (TPSA) is 42.5 Å². The Hall–Kier alpha value is -2.25. The summed E-state index contributed by atoms with van der Waals surface area (Å²) >= 11 is 0. The van der Waals surface area contributed by atoms with Crippen LogP contribution >= 0.6 is 0 Å². The Balaban J connectivity index is 1.72. The van der Waals surface area contributed by atoms with Crippen LogP contribution in [0.4, 0.5) is 13.2 Å². The Morgan fingerprint density at radius 3 is 2.65 bits per heavy atom. The van der Waals surface area contributed by atoms with Gasteiger partial charge >= 0.3 is 6.36 Å². The van der Waals surface area contributed by atoms with Crippen molar-refractivity contribution >= 4 is 0 Å². The van der Waals surface area contributed by atoms with Gasteiger partial charge in [0.25, 0.3) is 0 Å². The molecule has 2 atom stereocenters. The second-order valence-corrected chi connectivity index (χ2v) is 7.85. The molecule has 1 aliphatic rings. The number of halogens is 3. The Labute approximate surface area is 182 Å². The van der Waals surface area contributed by atoms with Crippen LogP contribution in [-0.4, -0.2) is 25.6 Å². The van der Waals surface area contributed by atoms with E-state index in [0.29, 0.717) is 17.9 Å². The van der Waals surface area contributed by atoms with Crippen molar-refractivity contribution in [1.82, 2.24) is 10.6 Å². The Kier molecular flexibility index (Phi) is 8.60. The van der Waals surface area contributed by atoms with Gasteiger partial charge in [0.2, 0.25) is 0 Å². The number of piperidine rings is 1. The summed E-state index contributed by atoms with van der Waals surface area (Å²) in [5.74, 6) is 0.366. The Morgan fingerprint density at radius 2 is 1.90 bits per heavy atom. The molecule has 0 radical (unpaired) electrons. The number of nitrogens with one attached hydrogen (secondary N) is 2. The maximum Gasteiger partial charge on any atom is 0.573 e. The average Bonchev–Trinajstić information content (AvgIpc) is 2.76. The van der Waals surface area contributed by atoms with Gasteiger partial charge in [-0.05, 0) is 49.6 Å². The third kappa shape index (κ3) is 7.43. The van der Waals surface area contributed by atoms with Gasteiger partial charge in [-0.3, -0.25) is 0 Å². The van der Waals surface area contributed by atoms with Crippen LogP contribution in [0.5, 0.6) is 11.5 Å². The van der Waals surface area contributed by atoms with Crippen molar-refractivity contribution in [2.45, 2.75) is 64.0 Å². The summed E-state index contributed by atoms with van der Waals surface area (Å²) in [5, 5.41) is 6.98. The van der Waals surface area contributed by atoms with Gasteiger partial charge in [-0.15, -0.1) is 13.2 Å². The molecule has 4 nitrogen and oxygen atoms in total. The minimum Gasteiger partial charge on any atom is -0.494 e. The molecule has 1 heterocycles. The van der Waals surface area contributed by atoms with Crippen molar-refractivity contribution < 1.29 is 22.6 Å². The molecule has 1 aliphatic heterocycles. The lowest BCUT2D eigenvalue weighted by Gasteiger charge is -2.34. The highest BCUT2D eigenvalue weighted by molar-refractivity contribution is 5.40. The van der Waals surface area contributed by atoms with Crippen LogP contribution in [-0.2, 0) is 6.54 Å². The van der Waals surface area contributed by atoms with E-state index in [1.54, 1.807) is 6.07 Å². The molecule has 0 saturated carbocycles. The predicted molar refractivity (Wildman–Crippen MR) is 115 cm³/mol. The maximum atomic E-state index is 12.9. The fourth-order valence-electron chi connectivity index (χ4n) is 3.91. The van der Waals surface area contributed by atoms with E-state index in [-0.39, 0.29) is 24.4 Å². The zero-order chi connectivity index (χ0) is 22.1. The van der Waals surface area contributed by atoms with Crippen LogP contribution in [0, 0.1) is 0 Å². The van der Waals surface area contributed by atoms with E-state index in [4.69, 9.17) is 4.74 Å². The molecular formula is C24H31F3N2O2. The van der Waals surface area contributed by atoms with Gasteiger partial charge in [-0.1, -0.05) is 50.1 Å². The van der Waals surface area contributed by atoms with Crippen LogP contribution in [0.15, 0.2) is 48.5 Å². The van der Waals surface area contributed by atoms with Gasteiger partial charge in [-0.2, -0.15) is 0 Å². The molecule has 2 unspecified atom stereocenters. The van der Waals surface area contributed by atoms with Crippen LogP contribution in [0.1, 0.15) is 56.2 Å². The van der Waals surface area contributed by atoms with E-state index in [9.17, 15) is 13.2 Å². The van der Waals surface area contributed by atoms with Gasteiger partial charge in [0, 0.05) is 24.2 Å². The molecule has 3 rings (SSSR count). The van der Waals surface area contributed by atoms with Crippen LogP contribution in [0.2, 0.25) is 0 Å². The molecule has 1 fully saturated rings. The number of ether oxygens (including phenoxy) is 2. The number of benzene rings is 2. The van der Waals surface area contributed by atoms with Crippen LogP contribution in [0.3, 0.4) is 0 Å². The van der Waals surface area contributed by atoms with Crippen molar-refractivity contribution in [1.29, 1.82) is 0 Å². The van der Waals surface area contributed by atoms with Gasteiger partial charge < -0.3 is 20.1 Å². The van der Waals surface area contributed by atoms with Crippen molar-refractivity contribution in [3.63, 3.8) is 0 Å². The molecule has 0 bridgehead atoms. The zero-order valence-corrected chi connectivity index (χ0v) is 17.9. The van der Waals surface area contributed by atoms with E-state index >= 15 is 0 Å². The summed E-state index contributed by atoms with van der Waals surface area (Å²) in [4.78, 5) is 0. The van der Waals surface area contributed by atoms with E-state index in [0.717, 1.165) is 38.6 Å². The highest BCUT2D eigenvalue weighted by atomic mass is 19.4. The van der Waals surface area contributed by atoms with Gasteiger partial charge in [-0.25, -0.2) is 0 Å². The minimum absolute atomic E-state index is 0.101. The van der Waals surface area contributed by atoms with E-state index in [1.807, 2.05) is 18.2 Å². The molecule has 31 heavy (non-hydrogen) atoms. The van der Waals surface area contributed by atoms with Crippen molar-refractivity contribution in [3.05, 3.63) is 59.7 Å². The molecule has 2 N–H and O–H groups in total. The first kappa shape index (κ1) is 23.4. The number of unbranched alkanes of at least 4 members (excludes halogenated alkanes) is 2. The average molecular weight is 437 g/mol. The van der Waals surface area contributed by atoms with E-state index in [1.165, 1.54) is 17.7 Å². The monoisotopic (exact) mass is 436 g/mol. The fourth-order valence-corrected chi connectivity index (χ4v) is 3.91. The molecule has 0 aromatic heterocycles. The molecule has 2 aromatic rings. The summed E-state index contributed by atoms with van der Waals surface area (Å²) < 4.78 is 48.7. The molecule has 1 saturated heterocycles. The first-order valence-electron chi connectivity index (χ1n) is 11.0. The summed E-state index contributed by atoms with van der Waals surface area (Å²) in [7, 11) is 0. The molecule has 0 aliphatic carbocycles. The molecule has 2 aromatic carbocycles. The second-order valence-electron chi connectivity index (χ2n) is 7.85. The normalized spacial score (nSPS) is 19.2.